The summed E-state index contributed by atoms with van der Waals surface area (Å²) in [6.45, 7) is 6.14. The lowest BCUT2D eigenvalue weighted by Gasteiger charge is -2.69. The van der Waals surface area contributed by atoms with Gasteiger partial charge in [0.2, 0.25) is 0 Å². The van der Waals surface area contributed by atoms with E-state index in [1.165, 1.54) is 0 Å². The van der Waals surface area contributed by atoms with Gasteiger partial charge in [0.1, 0.15) is 5.60 Å². The third-order valence-electron chi connectivity index (χ3n) is 22.5. The maximum absolute atomic E-state index is 16.0. The van der Waals surface area contributed by atoms with Crippen molar-refractivity contribution in [2.45, 2.75) is 227 Å². The molecule has 7 fully saturated rings. The average Bonchev–Trinajstić information content (AvgIpc) is 3.92. The maximum Gasteiger partial charge on any atom is 0.182 e. The Balaban J connectivity index is 1.18. The third-order valence-corrected chi connectivity index (χ3v) is 22.5. The largest absolute Gasteiger partial charge is 0.396 e. The number of aliphatic hydroxyl groups is 9. The van der Waals surface area contributed by atoms with Crippen LogP contribution < -0.4 is 16.4 Å². The molecule has 0 aromatic heterocycles. The molecule has 1 saturated heterocycles. The summed E-state index contributed by atoms with van der Waals surface area (Å²) in [4.78, 5) is 16.0. The fraction of sp³-hybridized carbons (Fsp3) is 0.850. The molecule has 15 heteroatoms. The summed E-state index contributed by atoms with van der Waals surface area (Å²) in [5.74, 6) is -3.23. The van der Waals surface area contributed by atoms with Gasteiger partial charge < -0.3 is 71.8 Å². The number of nitrogens with one attached hydrogen (secondary N) is 2. The lowest BCUT2D eigenvalue weighted by Crippen LogP contribution is -2.74. The summed E-state index contributed by atoms with van der Waals surface area (Å²) in [7, 11) is 1.71. The van der Waals surface area contributed by atoms with Crippen LogP contribution in [0.2, 0.25) is 0 Å². The molecule has 8 aliphatic carbocycles. The van der Waals surface area contributed by atoms with Crippen molar-refractivity contribution in [1.29, 1.82) is 0 Å². The summed E-state index contributed by atoms with van der Waals surface area (Å²) >= 11 is 0. The Morgan fingerprint density at radius 1 is 0.947 bits per heavy atom. The maximum atomic E-state index is 16.0. The highest BCUT2D eigenvalue weighted by atomic mass is 16.5. The minimum Gasteiger partial charge on any atom is -0.396 e. The number of methoxy groups -OCH3 is 1. The van der Waals surface area contributed by atoms with Gasteiger partial charge in [-0.05, 0) is 175 Å². The smallest absolute Gasteiger partial charge is 0.182 e. The number of Topliss-reactive ketones (excluding diaryl/α,β-unsaturated/α-hetero) is 1. The van der Waals surface area contributed by atoms with Crippen LogP contribution in [-0.2, 0) is 14.3 Å². The number of dihydropyridines is 1. The Morgan fingerprint density at radius 3 is 2.40 bits per heavy atom. The molecule has 2 heterocycles. The number of rotatable bonds is 15. The topological polar surface area (TPSA) is 268 Å². The normalized spacial score (nSPS) is 47.8. The van der Waals surface area contributed by atoms with E-state index in [0.717, 1.165) is 69.1 Å². The van der Waals surface area contributed by atoms with Crippen LogP contribution in [0, 0.1) is 64.1 Å². The van der Waals surface area contributed by atoms with Gasteiger partial charge in [0, 0.05) is 61.7 Å². The standard InChI is InChI=1S/C60H95N3O12/c1-5-8-35-13-17-40-46(19-14-35)75-54-49(40)43(66)10-6-24-60(54,73)55(3,70)47-22-26-59(72)50-51(62-32-34(2)65)52(69)41-29-44(67)45(68)31-56(41)30-37(39-18-20-48(61)63-42(39)9-7-27-64)21-25-57(71,53(50)56)33-58(47,59)38-15-11-36(12-16-38)23-28-74-4/h18,20-21,25,34-38,40-41,43-49,53-54,62-68,70-73H,5-17,19,22-24,26-33,61H2,1-4H3. The van der Waals surface area contributed by atoms with Crippen molar-refractivity contribution in [1.82, 2.24) is 10.6 Å². The van der Waals surface area contributed by atoms with Crippen LogP contribution in [-0.4, -0.2) is 144 Å². The number of allylic oxidation sites excluding steroid dienone is 5. The molecule has 15 nitrogen and oxygen atoms in total. The number of carbonyl (C=O) groups is 1. The molecule has 75 heavy (non-hydrogen) atoms. The first-order valence-electron chi connectivity index (χ1n) is 29.8. The van der Waals surface area contributed by atoms with E-state index in [-0.39, 0.29) is 87.5 Å². The average molecular weight is 1050 g/mol. The predicted octanol–water partition coefficient (Wildman–Crippen LogP) is 4.70. The van der Waals surface area contributed by atoms with Crippen LogP contribution in [0.25, 0.3) is 0 Å². The summed E-state index contributed by atoms with van der Waals surface area (Å²) in [6.07, 6.45) is 14.6. The zero-order valence-corrected chi connectivity index (χ0v) is 45.6. The Hall–Kier alpha value is -2.25. The first kappa shape index (κ1) is 56.0. The summed E-state index contributed by atoms with van der Waals surface area (Å²) in [6, 6.07) is 0. The Bertz CT molecular complexity index is 2210. The van der Waals surface area contributed by atoms with E-state index >= 15 is 4.79 Å². The van der Waals surface area contributed by atoms with Gasteiger partial charge in [-0.1, -0.05) is 57.3 Å². The molecule has 2 aliphatic heterocycles. The van der Waals surface area contributed by atoms with Crippen LogP contribution in [0.4, 0.5) is 0 Å². The lowest BCUT2D eigenvalue weighted by atomic mass is 9.37. The lowest BCUT2D eigenvalue weighted by molar-refractivity contribution is -0.276. The van der Waals surface area contributed by atoms with E-state index in [1.807, 2.05) is 24.3 Å². The molecule has 0 aromatic rings. The molecule has 6 saturated carbocycles. The van der Waals surface area contributed by atoms with E-state index < -0.39 is 99.5 Å². The first-order chi connectivity index (χ1) is 35.7. The Morgan fingerprint density at radius 2 is 1.68 bits per heavy atom. The van der Waals surface area contributed by atoms with Crippen molar-refractivity contribution >= 4 is 5.78 Å². The van der Waals surface area contributed by atoms with Crippen molar-refractivity contribution in [2.75, 3.05) is 26.9 Å². The second-order valence-electron chi connectivity index (χ2n) is 26.5. The summed E-state index contributed by atoms with van der Waals surface area (Å²) < 4.78 is 12.7. The molecule has 0 aromatic carbocycles. The molecule has 0 bridgehead atoms. The molecule has 10 rings (SSSR count). The van der Waals surface area contributed by atoms with Gasteiger partial charge >= 0.3 is 0 Å². The van der Waals surface area contributed by atoms with Crippen LogP contribution in [0.15, 0.2) is 46.8 Å². The number of nitrogens with two attached hydrogens (primary N) is 1. The molecule has 13 N–H and O–H groups in total. The van der Waals surface area contributed by atoms with Gasteiger partial charge in [-0.2, -0.15) is 0 Å². The first-order valence-corrected chi connectivity index (χ1v) is 29.8. The fourth-order valence-electron chi connectivity index (χ4n) is 19.3. The zero-order chi connectivity index (χ0) is 53.5. The van der Waals surface area contributed by atoms with Gasteiger partial charge in [-0.15, -0.1) is 0 Å². The quantitative estimate of drug-likeness (QED) is 0.0993. The van der Waals surface area contributed by atoms with Crippen molar-refractivity contribution in [2.24, 2.45) is 69.8 Å². The summed E-state index contributed by atoms with van der Waals surface area (Å²) in [5.41, 5.74) is -1.41. The number of ketones is 1. The third kappa shape index (κ3) is 9.11. The summed E-state index contributed by atoms with van der Waals surface area (Å²) in [5, 5.41) is 121. The number of hydrogen-bond donors (Lipinski definition) is 12. The molecule has 0 amide bonds. The molecule has 0 radical (unpaired) electrons. The van der Waals surface area contributed by atoms with Gasteiger partial charge in [0.05, 0.1) is 65.3 Å². The molecular formula is C60H95N3O12. The SMILES string of the molecule is CCCC1CCC2OC3C(C(O)CCCC3(O)C(C)(O)C3CCC4(O)C5=C(NCC(C)O)C(=O)C6CC(O)C(O)CC67CC(C6=C(CCCO)NC(N)C=C6)C=CC(O)(CC34C3CCC(CCOC)CC3)C57)C2CC1. The molecule has 422 valence electrons. The van der Waals surface area contributed by atoms with Gasteiger partial charge in [0.15, 0.2) is 5.78 Å². The van der Waals surface area contributed by atoms with E-state index in [9.17, 15) is 46.0 Å². The second kappa shape index (κ2) is 21.3. The molecular weight excluding hydrogens is 955 g/mol. The number of aliphatic hydroxyl groups excluding tert-OH is 5. The van der Waals surface area contributed by atoms with Crippen LogP contribution in [0.1, 0.15) is 162 Å². The molecule has 1 spiro atoms. The highest BCUT2D eigenvalue weighted by molar-refractivity contribution is 6.00. The van der Waals surface area contributed by atoms with Gasteiger partial charge in [0.25, 0.3) is 0 Å². The molecule has 20 unspecified atom stereocenters. The molecule has 10 aliphatic rings. The van der Waals surface area contributed by atoms with E-state index in [1.54, 1.807) is 21.0 Å². The van der Waals surface area contributed by atoms with Crippen molar-refractivity contribution in [3.63, 3.8) is 0 Å². The van der Waals surface area contributed by atoms with E-state index in [4.69, 9.17) is 15.2 Å². The van der Waals surface area contributed by atoms with Gasteiger partial charge in [-0.25, -0.2) is 0 Å². The predicted molar refractivity (Wildman–Crippen MR) is 283 cm³/mol. The van der Waals surface area contributed by atoms with E-state index in [2.05, 4.69) is 17.6 Å². The zero-order valence-electron chi connectivity index (χ0n) is 45.6. The Labute approximate surface area is 445 Å². The Kier molecular flexibility index (Phi) is 15.9. The van der Waals surface area contributed by atoms with Crippen LogP contribution in [0.5, 0.6) is 0 Å². The number of hydrogen-bond acceptors (Lipinski definition) is 15. The minimum absolute atomic E-state index is 0.0137. The fourth-order valence-corrected chi connectivity index (χ4v) is 19.3. The second-order valence-corrected chi connectivity index (χ2v) is 26.5. The number of fused-ring (bicyclic) bond motifs is 5. The van der Waals surface area contributed by atoms with Crippen molar-refractivity contribution < 1.29 is 60.2 Å². The minimum atomic E-state index is -1.95. The van der Waals surface area contributed by atoms with Crippen LogP contribution in [0.3, 0.4) is 0 Å². The van der Waals surface area contributed by atoms with Crippen LogP contribution >= 0.6 is 0 Å². The highest BCUT2D eigenvalue weighted by Crippen LogP contribution is 2.77. The highest BCUT2D eigenvalue weighted by Gasteiger charge is 2.80. The van der Waals surface area contributed by atoms with E-state index in [0.29, 0.717) is 62.5 Å². The molecule has 20 atom stereocenters. The van der Waals surface area contributed by atoms with Crippen molar-refractivity contribution in [3.8, 4) is 0 Å². The van der Waals surface area contributed by atoms with Crippen molar-refractivity contribution in [3.05, 3.63) is 46.8 Å². The van der Waals surface area contributed by atoms with Gasteiger partial charge in [-0.3, -0.25) is 4.79 Å². The number of carbonyl (C=O) groups excluding carboxylic acids is 1. The monoisotopic (exact) mass is 1050 g/mol. The number of ether oxygens (including phenoxy) is 2.